The van der Waals surface area contributed by atoms with Crippen molar-refractivity contribution in [1.29, 1.82) is 0 Å². The fraction of sp³-hybridized carbons (Fsp3) is 0.154. The highest BCUT2D eigenvalue weighted by Gasteiger charge is 2.09. The van der Waals surface area contributed by atoms with Gasteiger partial charge in [-0.1, -0.05) is 0 Å². The fourth-order valence-corrected chi connectivity index (χ4v) is 1.76. The average molecular weight is 260 g/mol. The molecular weight excluding hydrogens is 248 g/mol. The molecule has 6 heteroatoms. The molecule has 1 aromatic carbocycles. The highest BCUT2D eigenvalue weighted by molar-refractivity contribution is 5.97. The van der Waals surface area contributed by atoms with E-state index in [0.717, 1.165) is 17.1 Å². The maximum atomic E-state index is 11.6. The number of nitro groups is 1. The van der Waals surface area contributed by atoms with Crippen LogP contribution < -0.4 is 0 Å². The Balaban J connectivity index is 2.42. The molecule has 0 aliphatic heterocycles. The third-order valence-corrected chi connectivity index (χ3v) is 2.60. The van der Waals surface area contributed by atoms with E-state index in [-0.39, 0.29) is 0 Å². The zero-order chi connectivity index (χ0) is 13.8. The molecule has 0 radical (unpaired) electrons. The molecule has 98 valence electrons. The number of nitrogens with one attached hydrogen (secondary N) is 1. The van der Waals surface area contributed by atoms with Gasteiger partial charge in [0.2, 0.25) is 6.20 Å². The summed E-state index contributed by atoms with van der Waals surface area (Å²) in [5.74, 6) is -0.408. The number of ether oxygens (including phenoxy) is 1. The van der Waals surface area contributed by atoms with Gasteiger partial charge in [0.25, 0.3) is 0 Å². The number of esters is 1. The van der Waals surface area contributed by atoms with Gasteiger partial charge in [-0.25, -0.2) is 4.79 Å². The number of H-pyrrole nitrogens is 1. The van der Waals surface area contributed by atoms with Gasteiger partial charge in [-0.05, 0) is 25.1 Å². The molecule has 0 spiro atoms. The van der Waals surface area contributed by atoms with Crippen LogP contribution in [0.15, 0.2) is 30.6 Å². The second kappa shape index (κ2) is 5.34. The second-order valence-electron chi connectivity index (χ2n) is 3.83. The topological polar surface area (TPSA) is 85.2 Å². The van der Waals surface area contributed by atoms with Gasteiger partial charge in [0.05, 0.1) is 17.1 Å². The van der Waals surface area contributed by atoms with Crippen molar-refractivity contribution >= 4 is 22.9 Å². The molecule has 6 nitrogen and oxygen atoms in total. The Bertz CT molecular complexity index is 658. The summed E-state index contributed by atoms with van der Waals surface area (Å²) in [6, 6.07) is 5.05. The van der Waals surface area contributed by atoms with E-state index in [0.29, 0.717) is 17.7 Å². The van der Waals surface area contributed by atoms with Crippen LogP contribution in [0.1, 0.15) is 22.8 Å². The monoisotopic (exact) mass is 260 g/mol. The summed E-state index contributed by atoms with van der Waals surface area (Å²) >= 11 is 0. The lowest BCUT2D eigenvalue weighted by Crippen LogP contribution is -2.04. The number of carbonyl (C=O) groups is 1. The lowest BCUT2D eigenvalue weighted by atomic mass is 10.1. The first-order chi connectivity index (χ1) is 9.11. The van der Waals surface area contributed by atoms with Crippen molar-refractivity contribution in [3.05, 3.63) is 51.8 Å². The molecule has 0 bridgehead atoms. The van der Waals surface area contributed by atoms with Gasteiger partial charge in [-0.3, -0.25) is 10.1 Å². The van der Waals surface area contributed by atoms with Crippen molar-refractivity contribution in [2.75, 3.05) is 6.61 Å². The Morgan fingerprint density at radius 2 is 2.32 bits per heavy atom. The lowest BCUT2D eigenvalue weighted by Gasteiger charge is -2.01. The van der Waals surface area contributed by atoms with Crippen molar-refractivity contribution in [1.82, 2.24) is 4.98 Å². The first-order valence-electron chi connectivity index (χ1n) is 5.71. The average Bonchev–Trinajstić information content (AvgIpc) is 2.78. The molecule has 2 rings (SSSR count). The van der Waals surface area contributed by atoms with Crippen molar-refractivity contribution in [2.45, 2.75) is 6.92 Å². The molecule has 19 heavy (non-hydrogen) atoms. The number of aromatic nitrogens is 1. The highest BCUT2D eigenvalue weighted by Crippen LogP contribution is 2.21. The SMILES string of the molecule is CCOC(=O)c1ccc2[nH]cc(/C=C/[N+](=O)[O-])c2c1. The Labute approximate surface area is 108 Å². The highest BCUT2D eigenvalue weighted by atomic mass is 16.6. The van der Waals surface area contributed by atoms with Crippen molar-refractivity contribution < 1.29 is 14.5 Å². The van der Waals surface area contributed by atoms with Gasteiger partial charge in [-0.15, -0.1) is 0 Å². The van der Waals surface area contributed by atoms with Crippen LogP contribution in [0.2, 0.25) is 0 Å². The lowest BCUT2D eigenvalue weighted by molar-refractivity contribution is -0.400. The normalized spacial score (nSPS) is 11.0. The van der Waals surface area contributed by atoms with Crippen molar-refractivity contribution in [3.63, 3.8) is 0 Å². The maximum Gasteiger partial charge on any atom is 0.338 e. The van der Waals surface area contributed by atoms with E-state index >= 15 is 0 Å². The molecule has 0 saturated heterocycles. The maximum absolute atomic E-state index is 11.6. The number of nitrogens with zero attached hydrogens (tertiary/aromatic N) is 1. The third-order valence-electron chi connectivity index (χ3n) is 2.60. The minimum atomic E-state index is -0.534. The van der Waals surface area contributed by atoms with Crippen LogP contribution in [0.25, 0.3) is 17.0 Å². The third kappa shape index (κ3) is 2.79. The largest absolute Gasteiger partial charge is 0.462 e. The summed E-state index contributed by atoms with van der Waals surface area (Å²) in [7, 11) is 0. The van der Waals surface area contributed by atoms with Gasteiger partial charge < -0.3 is 9.72 Å². The fourth-order valence-electron chi connectivity index (χ4n) is 1.76. The van der Waals surface area contributed by atoms with Gasteiger partial charge in [0.1, 0.15) is 0 Å². The quantitative estimate of drug-likeness (QED) is 0.520. The van der Waals surface area contributed by atoms with E-state index < -0.39 is 10.9 Å². The van der Waals surface area contributed by atoms with Gasteiger partial charge in [-0.2, -0.15) is 0 Å². The summed E-state index contributed by atoms with van der Waals surface area (Å²) in [4.78, 5) is 24.4. The van der Waals surface area contributed by atoms with E-state index in [9.17, 15) is 14.9 Å². The number of hydrogen-bond donors (Lipinski definition) is 1. The van der Waals surface area contributed by atoms with Crippen LogP contribution in [0, 0.1) is 10.1 Å². The summed E-state index contributed by atoms with van der Waals surface area (Å²) in [5.41, 5.74) is 1.87. The van der Waals surface area contributed by atoms with Crippen molar-refractivity contribution in [3.8, 4) is 0 Å². The molecule has 2 aromatic rings. The molecule has 0 fully saturated rings. The second-order valence-corrected chi connectivity index (χ2v) is 3.83. The van der Waals surface area contributed by atoms with Gasteiger partial charge in [0.15, 0.2) is 0 Å². The van der Waals surface area contributed by atoms with Crippen molar-refractivity contribution in [2.24, 2.45) is 0 Å². The number of carbonyl (C=O) groups excluding carboxylic acids is 1. The predicted molar refractivity (Wildman–Crippen MR) is 70.3 cm³/mol. The molecular formula is C13H12N2O4. The summed E-state index contributed by atoms with van der Waals surface area (Å²) in [5, 5.41) is 11.1. The molecule has 0 saturated carbocycles. The minimum absolute atomic E-state index is 0.304. The Morgan fingerprint density at radius 3 is 3.00 bits per heavy atom. The number of aromatic amines is 1. The van der Waals surface area contributed by atoms with Gasteiger partial charge >= 0.3 is 5.97 Å². The zero-order valence-corrected chi connectivity index (χ0v) is 10.3. The molecule has 0 amide bonds. The number of fused-ring (bicyclic) bond motifs is 1. The summed E-state index contributed by atoms with van der Waals surface area (Å²) in [6.45, 7) is 2.04. The van der Waals surface area contributed by atoms with E-state index in [1.54, 1.807) is 31.3 Å². The summed E-state index contributed by atoms with van der Waals surface area (Å²) in [6.07, 6.45) is 3.90. The number of rotatable bonds is 4. The molecule has 1 N–H and O–H groups in total. The van der Waals surface area contributed by atoms with E-state index in [1.165, 1.54) is 6.08 Å². The standard InChI is InChI=1S/C13H12N2O4/c1-2-19-13(16)9-3-4-12-11(7-9)10(8-14-12)5-6-15(17)18/h3-8,14H,2H2,1H3/b6-5+. The van der Waals surface area contributed by atoms with E-state index in [1.807, 2.05) is 0 Å². The predicted octanol–water partition coefficient (Wildman–Crippen LogP) is 2.59. The summed E-state index contributed by atoms with van der Waals surface area (Å²) < 4.78 is 4.92. The first-order valence-corrected chi connectivity index (χ1v) is 5.71. The van der Waals surface area contributed by atoms with E-state index in [2.05, 4.69) is 4.98 Å². The van der Waals surface area contributed by atoms with Crippen LogP contribution in [-0.2, 0) is 4.74 Å². The minimum Gasteiger partial charge on any atom is -0.462 e. The number of hydrogen-bond acceptors (Lipinski definition) is 4. The molecule has 0 aliphatic carbocycles. The Hall–Kier alpha value is -2.63. The van der Waals surface area contributed by atoms with Crippen LogP contribution in [0.3, 0.4) is 0 Å². The number of benzene rings is 1. The first kappa shape index (κ1) is 12.8. The Morgan fingerprint density at radius 1 is 1.53 bits per heavy atom. The molecule has 0 atom stereocenters. The Kier molecular flexibility index (Phi) is 3.61. The van der Waals surface area contributed by atoms with Gasteiger partial charge in [0, 0.05) is 28.7 Å². The van der Waals surface area contributed by atoms with Crippen LogP contribution >= 0.6 is 0 Å². The van der Waals surface area contributed by atoms with Crippen LogP contribution in [-0.4, -0.2) is 22.5 Å². The molecule has 0 aliphatic rings. The molecule has 1 heterocycles. The van der Waals surface area contributed by atoms with E-state index in [4.69, 9.17) is 4.74 Å². The molecule has 0 unspecified atom stereocenters. The zero-order valence-electron chi connectivity index (χ0n) is 10.3. The molecule has 1 aromatic heterocycles. The van der Waals surface area contributed by atoms with Crippen LogP contribution in [0.4, 0.5) is 0 Å². The smallest absolute Gasteiger partial charge is 0.338 e. The van der Waals surface area contributed by atoms with Crippen LogP contribution in [0.5, 0.6) is 0 Å².